The van der Waals surface area contributed by atoms with E-state index in [1.807, 2.05) is 56.8 Å². The van der Waals surface area contributed by atoms with Gasteiger partial charge in [0.25, 0.3) is 0 Å². The molecule has 5 heteroatoms. The molecule has 1 aromatic rings. The van der Waals surface area contributed by atoms with Gasteiger partial charge < -0.3 is 15.4 Å². The number of rotatable bonds is 5. The van der Waals surface area contributed by atoms with Crippen molar-refractivity contribution in [3.05, 3.63) is 29.8 Å². The molecule has 116 valence electrons. The molecule has 1 fully saturated rings. The van der Waals surface area contributed by atoms with Gasteiger partial charge in [0.1, 0.15) is 5.75 Å². The smallest absolute Gasteiger partial charge is 0.238 e. The van der Waals surface area contributed by atoms with E-state index in [2.05, 4.69) is 10.6 Å². The summed E-state index contributed by atoms with van der Waals surface area (Å²) in [6.07, 6.45) is 0.147. The lowest BCUT2D eigenvalue weighted by Gasteiger charge is -2.24. The lowest BCUT2D eigenvalue weighted by molar-refractivity contribution is -0.123. The number of amides is 1. The third-order valence-electron chi connectivity index (χ3n) is 3.33. The summed E-state index contributed by atoms with van der Waals surface area (Å²) in [7, 11) is 0. The quantitative estimate of drug-likeness (QED) is 0.877. The molecule has 0 saturated carbocycles. The van der Waals surface area contributed by atoms with Crippen LogP contribution in [0, 0.1) is 0 Å². The summed E-state index contributed by atoms with van der Waals surface area (Å²) < 4.78 is 5.70. The highest BCUT2D eigenvalue weighted by molar-refractivity contribution is 7.99. The Morgan fingerprint density at radius 1 is 1.43 bits per heavy atom. The molecule has 2 atom stereocenters. The molecule has 2 N–H and O–H groups in total. The summed E-state index contributed by atoms with van der Waals surface area (Å²) in [6.45, 7) is 6.91. The lowest BCUT2D eigenvalue weighted by atomic mass is 10.1. The molecule has 4 nitrogen and oxygen atoms in total. The van der Waals surface area contributed by atoms with Crippen LogP contribution in [0.4, 0.5) is 0 Å². The minimum absolute atomic E-state index is 0.0260. The van der Waals surface area contributed by atoms with E-state index in [0.717, 1.165) is 29.4 Å². The van der Waals surface area contributed by atoms with Crippen molar-refractivity contribution in [1.29, 1.82) is 0 Å². The minimum Gasteiger partial charge on any atom is -0.491 e. The molecule has 1 saturated heterocycles. The van der Waals surface area contributed by atoms with Gasteiger partial charge in [-0.3, -0.25) is 4.79 Å². The number of ether oxygens (including phenoxy) is 1. The van der Waals surface area contributed by atoms with Gasteiger partial charge in [0.2, 0.25) is 5.91 Å². The maximum absolute atomic E-state index is 12.2. The molecule has 1 aliphatic heterocycles. The van der Waals surface area contributed by atoms with Crippen LogP contribution in [-0.4, -0.2) is 36.1 Å². The maximum Gasteiger partial charge on any atom is 0.238 e. The predicted octanol–water partition coefficient (Wildman–Crippen LogP) is 2.36. The normalized spacial score (nSPS) is 20.1. The zero-order valence-electron chi connectivity index (χ0n) is 12.9. The van der Waals surface area contributed by atoms with Crippen molar-refractivity contribution in [1.82, 2.24) is 10.6 Å². The highest BCUT2D eigenvalue weighted by Crippen LogP contribution is 2.20. The summed E-state index contributed by atoms with van der Waals surface area (Å²) in [5.74, 6) is 2.84. The zero-order chi connectivity index (χ0) is 15.2. The second-order valence-corrected chi connectivity index (χ2v) is 6.70. The van der Waals surface area contributed by atoms with Crippen molar-refractivity contribution >= 4 is 17.7 Å². The predicted molar refractivity (Wildman–Crippen MR) is 87.9 cm³/mol. The Labute approximate surface area is 131 Å². The Bertz CT molecular complexity index is 473. The van der Waals surface area contributed by atoms with Crippen molar-refractivity contribution in [3.8, 4) is 5.75 Å². The van der Waals surface area contributed by atoms with Gasteiger partial charge in [-0.05, 0) is 38.5 Å². The first-order valence-corrected chi connectivity index (χ1v) is 8.60. The van der Waals surface area contributed by atoms with Crippen molar-refractivity contribution in [2.24, 2.45) is 0 Å². The molecule has 1 aromatic carbocycles. The van der Waals surface area contributed by atoms with Gasteiger partial charge in [-0.25, -0.2) is 0 Å². The Hall–Kier alpha value is -1.20. The highest BCUT2D eigenvalue weighted by atomic mass is 32.2. The largest absolute Gasteiger partial charge is 0.491 e. The number of benzene rings is 1. The van der Waals surface area contributed by atoms with E-state index in [0.29, 0.717) is 0 Å². The Morgan fingerprint density at radius 2 is 2.24 bits per heavy atom. The first-order valence-electron chi connectivity index (χ1n) is 7.44. The molecule has 0 radical (unpaired) electrons. The van der Waals surface area contributed by atoms with E-state index in [-0.39, 0.29) is 24.1 Å². The van der Waals surface area contributed by atoms with Crippen LogP contribution in [0.5, 0.6) is 5.75 Å². The Morgan fingerprint density at radius 3 is 2.90 bits per heavy atom. The third kappa shape index (κ3) is 4.93. The summed E-state index contributed by atoms with van der Waals surface area (Å²) in [6, 6.07) is 7.81. The molecule has 0 bridgehead atoms. The Balaban J connectivity index is 1.95. The number of carbonyl (C=O) groups excluding carboxylic acids is 1. The van der Waals surface area contributed by atoms with Crippen LogP contribution in [0.15, 0.2) is 24.3 Å². The molecular weight excluding hydrogens is 284 g/mol. The lowest BCUT2D eigenvalue weighted by Crippen LogP contribution is -2.49. The molecule has 0 aliphatic carbocycles. The van der Waals surface area contributed by atoms with E-state index in [1.165, 1.54) is 0 Å². The van der Waals surface area contributed by atoms with Crippen LogP contribution in [0.3, 0.4) is 0 Å². The summed E-state index contributed by atoms with van der Waals surface area (Å²) in [5, 5.41) is 6.33. The summed E-state index contributed by atoms with van der Waals surface area (Å²) in [5.41, 5.74) is 1.06. The topological polar surface area (TPSA) is 50.4 Å². The van der Waals surface area contributed by atoms with Crippen LogP contribution in [-0.2, 0) is 4.79 Å². The standard InChI is InChI=1S/C16H24N2O2S/c1-11(2)20-14-6-4-5-13(9-14)12(3)18-16(19)15-10-21-8-7-17-15/h4-6,9,11-12,15,17H,7-8,10H2,1-3H3,(H,18,19). The fourth-order valence-electron chi connectivity index (χ4n) is 2.26. The second-order valence-electron chi connectivity index (χ2n) is 5.55. The fraction of sp³-hybridized carbons (Fsp3) is 0.562. The molecule has 0 spiro atoms. The zero-order valence-corrected chi connectivity index (χ0v) is 13.7. The van der Waals surface area contributed by atoms with E-state index >= 15 is 0 Å². The number of hydrogen-bond acceptors (Lipinski definition) is 4. The molecule has 1 aliphatic rings. The van der Waals surface area contributed by atoms with Crippen LogP contribution < -0.4 is 15.4 Å². The number of hydrogen-bond donors (Lipinski definition) is 2. The van der Waals surface area contributed by atoms with Crippen LogP contribution in [0.1, 0.15) is 32.4 Å². The molecule has 1 heterocycles. The molecule has 2 unspecified atom stereocenters. The van der Waals surface area contributed by atoms with E-state index in [4.69, 9.17) is 4.74 Å². The van der Waals surface area contributed by atoms with Gasteiger partial charge in [-0.2, -0.15) is 11.8 Å². The van der Waals surface area contributed by atoms with Gasteiger partial charge in [-0.15, -0.1) is 0 Å². The van der Waals surface area contributed by atoms with Gasteiger partial charge in [0, 0.05) is 18.1 Å². The summed E-state index contributed by atoms with van der Waals surface area (Å²) in [4.78, 5) is 12.2. The average Bonchev–Trinajstić information content (AvgIpc) is 2.47. The first-order chi connectivity index (χ1) is 10.1. The number of thioether (sulfide) groups is 1. The first kappa shape index (κ1) is 16.2. The van der Waals surface area contributed by atoms with E-state index in [9.17, 15) is 4.79 Å². The van der Waals surface area contributed by atoms with E-state index < -0.39 is 0 Å². The van der Waals surface area contributed by atoms with E-state index in [1.54, 1.807) is 0 Å². The van der Waals surface area contributed by atoms with Gasteiger partial charge in [-0.1, -0.05) is 12.1 Å². The monoisotopic (exact) mass is 308 g/mol. The molecule has 2 rings (SSSR count). The van der Waals surface area contributed by atoms with Crippen LogP contribution >= 0.6 is 11.8 Å². The number of carbonyl (C=O) groups is 1. The minimum atomic E-state index is -0.0821. The fourth-order valence-corrected chi connectivity index (χ4v) is 3.19. The molecule has 21 heavy (non-hydrogen) atoms. The summed E-state index contributed by atoms with van der Waals surface area (Å²) >= 11 is 1.82. The molecular formula is C16H24N2O2S. The van der Waals surface area contributed by atoms with Gasteiger partial charge >= 0.3 is 0 Å². The maximum atomic E-state index is 12.2. The number of nitrogens with one attached hydrogen (secondary N) is 2. The van der Waals surface area contributed by atoms with Crippen molar-refractivity contribution in [2.75, 3.05) is 18.1 Å². The molecule has 0 aromatic heterocycles. The Kier molecular flexibility index (Phi) is 5.94. The third-order valence-corrected chi connectivity index (χ3v) is 4.39. The van der Waals surface area contributed by atoms with Crippen LogP contribution in [0.25, 0.3) is 0 Å². The second kappa shape index (κ2) is 7.71. The SMILES string of the molecule is CC(C)Oc1cccc(C(C)NC(=O)C2CSCCN2)c1. The van der Waals surface area contributed by atoms with Crippen molar-refractivity contribution < 1.29 is 9.53 Å². The average molecular weight is 308 g/mol. The van der Waals surface area contributed by atoms with Crippen LogP contribution in [0.2, 0.25) is 0 Å². The van der Waals surface area contributed by atoms with Crippen molar-refractivity contribution in [2.45, 2.75) is 39.0 Å². The van der Waals surface area contributed by atoms with Crippen molar-refractivity contribution in [3.63, 3.8) is 0 Å². The molecule has 1 amide bonds. The van der Waals surface area contributed by atoms with Gasteiger partial charge in [0.05, 0.1) is 18.2 Å². The van der Waals surface area contributed by atoms with Gasteiger partial charge in [0.15, 0.2) is 0 Å². The highest BCUT2D eigenvalue weighted by Gasteiger charge is 2.22.